The molecule has 0 amide bonds. The van der Waals surface area contributed by atoms with E-state index >= 15 is 0 Å². The number of carbonyl (C=O) groups is 1. The van der Waals surface area contributed by atoms with E-state index in [9.17, 15) is 13.2 Å². The number of sulfonamides is 1. The Bertz CT molecular complexity index is 1390. The normalized spacial score (nSPS) is 11.6. The van der Waals surface area contributed by atoms with Gasteiger partial charge in [-0.3, -0.25) is 5.10 Å². The fourth-order valence-corrected chi connectivity index (χ4v) is 3.99. The Kier molecular flexibility index (Phi) is 5.77. The Morgan fingerprint density at radius 2 is 1.69 bits per heavy atom. The molecular formula is C23H22N4O4S. The van der Waals surface area contributed by atoms with Crippen molar-refractivity contribution in [3.63, 3.8) is 0 Å². The van der Waals surface area contributed by atoms with Gasteiger partial charge in [0.2, 0.25) is 10.0 Å². The van der Waals surface area contributed by atoms with Crippen molar-refractivity contribution in [2.45, 2.75) is 25.2 Å². The SMILES string of the molecule is CCOC(=O)c1cc(-c2ccc(S(N)(=O)=O)cc2)nc2n[nH]c(-c3ccc(CC)cc3)c12. The van der Waals surface area contributed by atoms with Crippen LogP contribution >= 0.6 is 0 Å². The fourth-order valence-electron chi connectivity index (χ4n) is 3.47. The molecule has 2 heterocycles. The lowest BCUT2D eigenvalue weighted by Gasteiger charge is -2.09. The second kappa shape index (κ2) is 8.52. The first kappa shape index (κ1) is 21.7. The number of pyridine rings is 1. The molecule has 2 aromatic carbocycles. The number of nitrogens with two attached hydrogens (primary N) is 1. The van der Waals surface area contributed by atoms with Crippen molar-refractivity contribution >= 4 is 27.0 Å². The Hall–Kier alpha value is -3.56. The molecule has 0 saturated carbocycles. The van der Waals surface area contributed by atoms with Gasteiger partial charge in [0.15, 0.2) is 5.65 Å². The van der Waals surface area contributed by atoms with Gasteiger partial charge in [-0.15, -0.1) is 0 Å². The van der Waals surface area contributed by atoms with Crippen molar-refractivity contribution in [2.75, 3.05) is 6.61 Å². The minimum atomic E-state index is -3.81. The number of carbonyl (C=O) groups excluding carboxylic acids is 1. The third-order valence-corrected chi connectivity index (χ3v) is 6.08. The second-order valence-corrected chi connectivity index (χ2v) is 8.75. The van der Waals surface area contributed by atoms with Gasteiger partial charge in [-0.1, -0.05) is 43.3 Å². The third-order valence-electron chi connectivity index (χ3n) is 5.15. The van der Waals surface area contributed by atoms with Crippen molar-refractivity contribution in [3.8, 4) is 22.5 Å². The average Bonchev–Trinajstić information content (AvgIpc) is 3.22. The largest absolute Gasteiger partial charge is 0.462 e. The molecule has 3 N–H and O–H groups in total. The molecule has 0 bridgehead atoms. The maximum absolute atomic E-state index is 12.8. The zero-order valence-electron chi connectivity index (χ0n) is 17.6. The van der Waals surface area contributed by atoms with Gasteiger partial charge in [0.05, 0.1) is 33.8 Å². The summed E-state index contributed by atoms with van der Waals surface area (Å²) in [5, 5.41) is 13.1. The highest BCUT2D eigenvalue weighted by Gasteiger charge is 2.21. The van der Waals surface area contributed by atoms with Gasteiger partial charge in [0.25, 0.3) is 0 Å². The molecule has 0 aliphatic rings. The lowest BCUT2D eigenvalue weighted by atomic mass is 10.0. The number of hydrogen-bond acceptors (Lipinski definition) is 6. The molecule has 8 nitrogen and oxygen atoms in total. The Balaban J connectivity index is 1.88. The van der Waals surface area contributed by atoms with E-state index in [1.807, 2.05) is 24.3 Å². The molecule has 4 aromatic rings. The van der Waals surface area contributed by atoms with Crippen LogP contribution in [0.25, 0.3) is 33.5 Å². The van der Waals surface area contributed by atoms with Crippen LogP contribution in [0.5, 0.6) is 0 Å². The predicted octanol–water partition coefficient (Wildman–Crippen LogP) is 3.68. The van der Waals surface area contributed by atoms with E-state index in [0.717, 1.165) is 12.0 Å². The molecule has 0 saturated heterocycles. The minimum absolute atomic E-state index is 0.00877. The van der Waals surface area contributed by atoms with Gasteiger partial charge in [0.1, 0.15) is 0 Å². The maximum Gasteiger partial charge on any atom is 0.339 e. The summed E-state index contributed by atoms with van der Waals surface area (Å²) in [5.74, 6) is -0.491. The van der Waals surface area contributed by atoms with Gasteiger partial charge in [-0.25, -0.2) is 23.3 Å². The molecule has 9 heteroatoms. The van der Waals surface area contributed by atoms with Crippen molar-refractivity contribution in [1.82, 2.24) is 15.2 Å². The number of ether oxygens (including phenoxy) is 1. The van der Waals surface area contributed by atoms with Crippen LogP contribution in [0.2, 0.25) is 0 Å². The van der Waals surface area contributed by atoms with Crippen molar-refractivity contribution in [2.24, 2.45) is 5.14 Å². The topological polar surface area (TPSA) is 128 Å². The van der Waals surface area contributed by atoms with Crippen LogP contribution in [0.3, 0.4) is 0 Å². The number of H-pyrrole nitrogens is 1. The molecule has 0 radical (unpaired) electrons. The monoisotopic (exact) mass is 450 g/mol. The van der Waals surface area contributed by atoms with Crippen LogP contribution in [-0.2, 0) is 21.2 Å². The fraction of sp³-hybridized carbons (Fsp3) is 0.174. The standard InChI is InChI=1S/C23H22N4O4S/c1-3-14-5-7-16(8-6-14)21-20-18(23(28)31-4-2)13-19(25-22(20)27-26-21)15-9-11-17(12-10-15)32(24,29)30/h5-13H,3-4H2,1-2H3,(H2,24,29,30)(H,25,26,27). The van der Waals surface area contributed by atoms with Crippen LogP contribution in [0.4, 0.5) is 0 Å². The lowest BCUT2D eigenvalue weighted by Crippen LogP contribution is -2.11. The summed E-state index contributed by atoms with van der Waals surface area (Å²) in [6.07, 6.45) is 0.924. The third kappa shape index (κ3) is 4.12. The van der Waals surface area contributed by atoms with Gasteiger partial charge < -0.3 is 4.74 Å². The Labute approximate surface area is 185 Å². The average molecular weight is 451 g/mol. The predicted molar refractivity (Wildman–Crippen MR) is 121 cm³/mol. The summed E-state index contributed by atoms with van der Waals surface area (Å²) in [7, 11) is -3.81. The first-order valence-corrected chi connectivity index (χ1v) is 11.6. The van der Waals surface area contributed by atoms with E-state index in [4.69, 9.17) is 9.88 Å². The van der Waals surface area contributed by atoms with E-state index in [1.54, 1.807) is 25.1 Å². The van der Waals surface area contributed by atoms with E-state index < -0.39 is 16.0 Å². The van der Waals surface area contributed by atoms with Crippen LogP contribution in [-0.4, -0.2) is 36.2 Å². The second-order valence-electron chi connectivity index (χ2n) is 7.19. The quantitative estimate of drug-likeness (QED) is 0.431. The summed E-state index contributed by atoms with van der Waals surface area (Å²) in [5.41, 5.74) is 4.51. The van der Waals surface area contributed by atoms with Gasteiger partial charge in [-0.05, 0) is 37.1 Å². The first-order chi connectivity index (χ1) is 15.3. The molecule has 164 valence electrons. The highest BCUT2D eigenvalue weighted by Crippen LogP contribution is 2.32. The molecule has 0 fully saturated rings. The van der Waals surface area contributed by atoms with Crippen molar-refractivity contribution < 1.29 is 17.9 Å². The van der Waals surface area contributed by atoms with Gasteiger partial charge in [-0.2, -0.15) is 5.10 Å². The number of hydrogen-bond donors (Lipinski definition) is 2. The molecule has 0 unspecified atom stereocenters. The number of esters is 1. The molecule has 2 aromatic heterocycles. The summed E-state index contributed by atoms with van der Waals surface area (Å²) in [4.78, 5) is 17.4. The number of nitrogens with zero attached hydrogens (tertiary/aromatic N) is 2. The summed E-state index contributed by atoms with van der Waals surface area (Å²) in [6.45, 7) is 4.04. The van der Waals surface area contributed by atoms with E-state index in [2.05, 4.69) is 22.1 Å². The number of aromatic nitrogens is 3. The zero-order valence-corrected chi connectivity index (χ0v) is 18.4. The number of nitrogens with one attached hydrogen (secondary N) is 1. The number of rotatable bonds is 6. The number of aromatic amines is 1. The van der Waals surface area contributed by atoms with Gasteiger partial charge in [0, 0.05) is 11.1 Å². The molecule has 4 rings (SSSR count). The maximum atomic E-state index is 12.8. The van der Waals surface area contributed by atoms with Crippen LogP contribution < -0.4 is 5.14 Å². The Morgan fingerprint density at radius 1 is 1.03 bits per heavy atom. The lowest BCUT2D eigenvalue weighted by molar-refractivity contribution is 0.0528. The van der Waals surface area contributed by atoms with Crippen LogP contribution in [0.1, 0.15) is 29.8 Å². The summed E-state index contributed by atoms with van der Waals surface area (Å²) >= 11 is 0. The number of primary sulfonamides is 1. The summed E-state index contributed by atoms with van der Waals surface area (Å²) < 4.78 is 28.4. The van der Waals surface area contributed by atoms with Crippen molar-refractivity contribution in [1.29, 1.82) is 0 Å². The zero-order chi connectivity index (χ0) is 22.9. The molecule has 32 heavy (non-hydrogen) atoms. The summed E-state index contributed by atoms with van der Waals surface area (Å²) in [6, 6.07) is 15.6. The minimum Gasteiger partial charge on any atom is -0.462 e. The van der Waals surface area contributed by atoms with Crippen LogP contribution in [0, 0.1) is 0 Å². The van der Waals surface area contributed by atoms with Crippen molar-refractivity contribution in [3.05, 3.63) is 65.7 Å². The molecule has 0 aliphatic carbocycles. The first-order valence-electron chi connectivity index (χ1n) is 10.1. The number of fused-ring (bicyclic) bond motifs is 1. The number of aryl methyl sites for hydroxylation is 1. The molecular weight excluding hydrogens is 428 g/mol. The van der Waals surface area contributed by atoms with E-state index in [0.29, 0.717) is 33.5 Å². The smallest absolute Gasteiger partial charge is 0.339 e. The molecule has 0 aliphatic heterocycles. The highest BCUT2D eigenvalue weighted by atomic mass is 32.2. The molecule has 0 spiro atoms. The van der Waals surface area contributed by atoms with Gasteiger partial charge >= 0.3 is 5.97 Å². The Morgan fingerprint density at radius 3 is 2.28 bits per heavy atom. The number of benzene rings is 2. The van der Waals surface area contributed by atoms with E-state index in [1.165, 1.54) is 17.7 Å². The molecule has 0 atom stereocenters. The van der Waals surface area contributed by atoms with Crippen LogP contribution in [0.15, 0.2) is 59.5 Å². The highest BCUT2D eigenvalue weighted by molar-refractivity contribution is 7.89. The van der Waals surface area contributed by atoms with E-state index in [-0.39, 0.29) is 11.5 Å².